The lowest BCUT2D eigenvalue weighted by Crippen LogP contribution is -2.06. The summed E-state index contributed by atoms with van der Waals surface area (Å²) in [5.74, 6) is 0. The number of nitrogens with one attached hydrogen (secondary N) is 1. The summed E-state index contributed by atoms with van der Waals surface area (Å²) >= 11 is 5.80. The molecule has 6 heteroatoms. The molecular weight excluding hydrogens is 279 g/mol. The Balaban J connectivity index is 2.43. The predicted molar refractivity (Wildman–Crippen MR) is 70.5 cm³/mol. The lowest BCUT2D eigenvalue weighted by molar-refractivity contribution is -0.137. The molecule has 2 nitrogen and oxygen atoms in total. The minimum Gasteiger partial charge on any atom is -0.396 e. The number of aliphatic hydroxyl groups is 1. The van der Waals surface area contributed by atoms with Crippen LogP contribution in [0.1, 0.15) is 31.2 Å². The van der Waals surface area contributed by atoms with Crippen molar-refractivity contribution in [3.05, 3.63) is 28.8 Å². The number of benzene rings is 1. The van der Waals surface area contributed by atoms with E-state index in [0.717, 1.165) is 37.8 Å². The molecule has 2 N–H and O–H groups in total. The zero-order valence-electron chi connectivity index (χ0n) is 10.4. The van der Waals surface area contributed by atoms with Crippen molar-refractivity contribution in [2.24, 2.45) is 0 Å². The van der Waals surface area contributed by atoms with Gasteiger partial charge in [0.15, 0.2) is 0 Å². The average molecular weight is 296 g/mol. The number of halogens is 4. The van der Waals surface area contributed by atoms with Crippen LogP contribution in [0.2, 0.25) is 5.02 Å². The number of alkyl halides is 3. The molecule has 0 saturated heterocycles. The van der Waals surface area contributed by atoms with Crippen LogP contribution in [-0.2, 0) is 6.18 Å². The fraction of sp³-hybridized carbons (Fsp3) is 0.538. The molecule has 1 aromatic rings. The first-order valence-corrected chi connectivity index (χ1v) is 6.54. The van der Waals surface area contributed by atoms with Crippen molar-refractivity contribution in [1.82, 2.24) is 0 Å². The summed E-state index contributed by atoms with van der Waals surface area (Å²) in [5.41, 5.74) is -0.233. The maximum atomic E-state index is 12.4. The van der Waals surface area contributed by atoms with Gasteiger partial charge < -0.3 is 10.4 Å². The zero-order valence-corrected chi connectivity index (χ0v) is 11.2. The van der Waals surface area contributed by atoms with E-state index in [1.807, 2.05) is 0 Å². The van der Waals surface area contributed by atoms with Crippen LogP contribution in [0.25, 0.3) is 0 Å². The highest BCUT2D eigenvalue weighted by molar-refractivity contribution is 6.33. The van der Waals surface area contributed by atoms with Gasteiger partial charge in [0.2, 0.25) is 0 Å². The van der Waals surface area contributed by atoms with Crippen LogP contribution >= 0.6 is 11.6 Å². The Kier molecular flexibility index (Phi) is 6.45. The van der Waals surface area contributed by atoms with E-state index in [1.165, 1.54) is 6.07 Å². The smallest absolute Gasteiger partial charge is 0.396 e. The van der Waals surface area contributed by atoms with E-state index in [2.05, 4.69) is 5.32 Å². The van der Waals surface area contributed by atoms with E-state index >= 15 is 0 Å². The van der Waals surface area contributed by atoms with Gasteiger partial charge in [-0.15, -0.1) is 0 Å². The summed E-state index contributed by atoms with van der Waals surface area (Å²) in [4.78, 5) is 0. The van der Waals surface area contributed by atoms with Crippen molar-refractivity contribution in [2.45, 2.75) is 31.9 Å². The molecule has 0 bridgehead atoms. The van der Waals surface area contributed by atoms with Gasteiger partial charge in [-0.25, -0.2) is 0 Å². The molecule has 0 atom stereocenters. The maximum Gasteiger partial charge on any atom is 0.416 e. The summed E-state index contributed by atoms with van der Waals surface area (Å²) in [6.45, 7) is 0.842. The largest absolute Gasteiger partial charge is 0.416 e. The molecule has 0 aliphatic heterocycles. The first-order valence-electron chi connectivity index (χ1n) is 6.16. The van der Waals surface area contributed by atoms with Gasteiger partial charge >= 0.3 is 6.18 Å². The Bertz CT molecular complexity index is 396. The number of unbranched alkanes of at least 4 members (excludes halogenated alkanes) is 3. The third-order valence-electron chi connectivity index (χ3n) is 2.70. The molecule has 0 spiro atoms. The number of rotatable bonds is 7. The summed E-state index contributed by atoms with van der Waals surface area (Å²) in [6.07, 6.45) is -0.796. The highest BCUT2D eigenvalue weighted by Crippen LogP contribution is 2.33. The van der Waals surface area contributed by atoms with Gasteiger partial charge in [-0.3, -0.25) is 0 Å². The molecule has 0 amide bonds. The number of hydrogen-bond acceptors (Lipinski definition) is 2. The minimum atomic E-state index is -4.37. The molecule has 0 aromatic heterocycles. The molecule has 0 saturated carbocycles. The number of aliphatic hydroxyl groups excluding tert-OH is 1. The van der Waals surface area contributed by atoms with Gasteiger partial charge in [0.1, 0.15) is 0 Å². The van der Waals surface area contributed by atoms with Gasteiger partial charge in [0.25, 0.3) is 0 Å². The Labute approximate surface area is 115 Å². The highest BCUT2D eigenvalue weighted by Gasteiger charge is 2.30. The fourth-order valence-corrected chi connectivity index (χ4v) is 1.90. The molecule has 0 heterocycles. The Hall–Kier alpha value is -0.940. The summed E-state index contributed by atoms with van der Waals surface area (Å²) in [6, 6.07) is 3.29. The van der Waals surface area contributed by atoms with E-state index in [4.69, 9.17) is 16.7 Å². The molecule has 1 rings (SSSR count). The second-order valence-corrected chi connectivity index (χ2v) is 4.66. The van der Waals surface area contributed by atoms with Crippen LogP contribution in [0, 0.1) is 0 Å². The molecule has 0 aliphatic rings. The summed E-state index contributed by atoms with van der Waals surface area (Å²) in [7, 11) is 0. The molecule has 108 valence electrons. The quantitative estimate of drug-likeness (QED) is 0.734. The highest BCUT2D eigenvalue weighted by atomic mass is 35.5. The van der Waals surface area contributed by atoms with Gasteiger partial charge in [-0.05, 0) is 31.0 Å². The Morgan fingerprint density at radius 3 is 2.37 bits per heavy atom. The second kappa shape index (κ2) is 7.60. The topological polar surface area (TPSA) is 32.3 Å². The molecule has 0 unspecified atom stereocenters. The predicted octanol–water partition coefficient (Wildman–Crippen LogP) is 4.32. The van der Waals surface area contributed by atoms with Gasteiger partial charge in [-0.1, -0.05) is 24.4 Å². The number of hydrogen-bond donors (Lipinski definition) is 2. The van der Waals surface area contributed by atoms with Gasteiger partial charge in [-0.2, -0.15) is 13.2 Å². The van der Waals surface area contributed by atoms with Crippen molar-refractivity contribution in [3.8, 4) is 0 Å². The SMILES string of the molecule is OCCCCCCNc1ccc(C(F)(F)F)cc1Cl. The van der Waals surface area contributed by atoms with E-state index in [0.29, 0.717) is 12.2 Å². The van der Waals surface area contributed by atoms with Gasteiger partial charge in [0, 0.05) is 13.2 Å². The maximum absolute atomic E-state index is 12.4. The van der Waals surface area contributed by atoms with Crippen molar-refractivity contribution in [2.75, 3.05) is 18.5 Å². The lowest BCUT2D eigenvalue weighted by atomic mass is 10.2. The molecule has 0 fully saturated rings. The third kappa shape index (κ3) is 5.70. The first kappa shape index (κ1) is 16.1. The Morgan fingerprint density at radius 2 is 1.79 bits per heavy atom. The van der Waals surface area contributed by atoms with Crippen molar-refractivity contribution in [3.63, 3.8) is 0 Å². The van der Waals surface area contributed by atoms with Crippen molar-refractivity contribution < 1.29 is 18.3 Å². The summed E-state index contributed by atoms with van der Waals surface area (Å²) in [5, 5.41) is 11.7. The molecule has 0 aliphatic carbocycles. The minimum absolute atomic E-state index is 0.0742. The van der Waals surface area contributed by atoms with Gasteiger partial charge in [0.05, 0.1) is 16.3 Å². The second-order valence-electron chi connectivity index (χ2n) is 4.26. The molecular formula is C13H17ClF3NO. The van der Waals surface area contributed by atoms with E-state index in [9.17, 15) is 13.2 Å². The molecule has 1 aromatic carbocycles. The molecule has 19 heavy (non-hydrogen) atoms. The van der Waals surface area contributed by atoms with Crippen molar-refractivity contribution >= 4 is 17.3 Å². The zero-order chi connectivity index (χ0) is 14.3. The first-order chi connectivity index (χ1) is 8.95. The number of anilines is 1. The summed E-state index contributed by atoms with van der Waals surface area (Å²) < 4.78 is 37.3. The monoisotopic (exact) mass is 295 g/mol. The Morgan fingerprint density at radius 1 is 1.11 bits per heavy atom. The molecule has 0 radical (unpaired) electrons. The van der Waals surface area contributed by atoms with Crippen LogP contribution in [-0.4, -0.2) is 18.3 Å². The van der Waals surface area contributed by atoms with Crippen LogP contribution < -0.4 is 5.32 Å². The van der Waals surface area contributed by atoms with Crippen LogP contribution in [0.15, 0.2) is 18.2 Å². The van der Waals surface area contributed by atoms with E-state index < -0.39 is 11.7 Å². The third-order valence-corrected chi connectivity index (χ3v) is 3.01. The van der Waals surface area contributed by atoms with Crippen LogP contribution in [0.3, 0.4) is 0 Å². The van der Waals surface area contributed by atoms with E-state index in [-0.39, 0.29) is 11.6 Å². The lowest BCUT2D eigenvalue weighted by Gasteiger charge is -2.11. The van der Waals surface area contributed by atoms with Crippen LogP contribution in [0.5, 0.6) is 0 Å². The van der Waals surface area contributed by atoms with Crippen LogP contribution in [0.4, 0.5) is 18.9 Å². The van der Waals surface area contributed by atoms with E-state index in [1.54, 1.807) is 0 Å². The van der Waals surface area contributed by atoms with Crippen molar-refractivity contribution in [1.29, 1.82) is 0 Å². The average Bonchev–Trinajstić information content (AvgIpc) is 2.34. The fourth-order valence-electron chi connectivity index (χ4n) is 1.65. The standard InChI is InChI=1S/C13H17ClF3NO/c14-11-9-10(13(15,16)17)5-6-12(11)18-7-3-1-2-4-8-19/h5-6,9,18-19H,1-4,7-8H2. The normalized spacial score (nSPS) is 11.6.